The van der Waals surface area contributed by atoms with Gasteiger partial charge in [-0.05, 0) is 0 Å². The van der Waals surface area contributed by atoms with Crippen LogP contribution in [0.1, 0.15) is 6.23 Å². The lowest BCUT2D eigenvalue weighted by Crippen LogP contribution is -2.45. The first-order valence-corrected chi connectivity index (χ1v) is 5.53. The van der Waals surface area contributed by atoms with Crippen molar-refractivity contribution in [2.24, 2.45) is 0 Å². The average molecular weight is 253 g/mol. The second-order valence-corrected chi connectivity index (χ2v) is 4.17. The van der Waals surface area contributed by atoms with E-state index in [9.17, 15) is 10.2 Å². The maximum atomic E-state index is 9.93. The fourth-order valence-corrected chi connectivity index (χ4v) is 2.13. The Labute approximate surface area is 102 Å². The molecule has 8 heteroatoms. The van der Waals surface area contributed by atoms with Gasteiger partial charge in [0.15, 0.2) is 18.2 Å². The Morgan fingerprint density at radius 3 is 2.94 bits per heavy atom. The lowest BCUT2D eigenvalue weighted by Gasteiger charge is -2.11. The molecule has 1 aliphatic rings. The molecule has 18 heavy (non-hydrogen) atoms. The fourth-order valence-electron chi connectivity index (χ4n) is 2.13. The van der Waals surface area contributed by atoms with E-state index >= 15 is 0 Å². The van der Waals surface area contributed by atoms with E-state index in [-0.39, 0.29) is 6.61 Å². The molecule has 2 aromatic rings. The second-order valence-electron chi connectivity index (χ2n) is 4.17. The van der Waals surface area contributed by atoms with Crippen molar-refractivity contribution >= 4 is 11.2 Å². The minimum atomic E-state index is -1.13. The van der Waals surface area contributed by atoms with Crippen molar-refractivity contribution in [3.05, 3.63) is 18.9 Å². The van der Waals surface area contributed by atoms with E-state index in [1.807, 2.05) is 0 Å². The highest BCUT2D eigenvalue weighted by atomic mass is 16.6. The topological polar surface area (TPSA) is 115 Å². The quantitative estimate of drug-likeness (QED) is 0.454. The first kappa shape index (κ1) is 11.5. The number of ether oxygens (including phenoxy) is 1. The number of aromatic amines is 1. The number of H-pyrrole nitrogens is 1. The zero-order chi connectivity index (χ0) is 12.7. The number of hydrogen-bond acceptors (Lipinski definition) is 6. The molecule has 3 heterocycles. The smallest absolute Gasteiger partial charge is 0.307 e. The Bertz CT molecular complexity index is 560. The Morgan fingerprint density at radius 2 is 2.22 bits per heavy atom. The molecule has 0 bridgehead atoms. The number of imidazole rings is 1. The van der Waals surface area contributed by atoms with Crippen LogP contribution in [0.2, 0.25) is 0 Å². The zero-order valence-corrected chi connectivity index (χ0v) is 9.34. The summed E-state index contributed by atoms with van der Waals surface area (Å²) in [4.78, 5) is 10.9. The summed E-state index contributed by atoms with van der Waals surface area (Å²) >= 11 is 0. The third-order valence-electron chi connectivity index (χ3n) is 3.09. The molecule has 0 aliphatic carbocycles. The van der Waals surface area contributed by atoms with Crippen LogP contribution in [0.15, 0.2) is 18.9 Å². The summed E-state index contributed by atoms with van der Waals surface area (Å²) in [6, 6.07) is 0. The Hall–Kier alpha value is -1.61. The summed E-state index contributed by atoms with van der Waals surface area (Å²) in [5.41, 5.74) is 1.25. The van der Waals surface area contributed by atoms with Crippen molar-refractivity contribution in [3.63, 3.8) is 0 Å². The van der Waals surface area contributed by atoms with Gasteiger partial charge in [0.25, 0.3) is 0 Å². The lowest BCUT2D eigenvalue weighted by molar-refractivity contribution is -0.745. The van der Waals surface area contributed by atoms with E-state index in [2.05, 4.69) is 15.0 Å². The van der Waals surface area contributed by atoms with Crippen LogP contribution in [-0.4, -0.2) is 55.2 Å². The van der Waals surface area contributed by atoms with E-state index < -0.39 is 24.5 Å². The molecule has 0 saturated carbocycles. The van der Waals surface area contributed by atoms with Gasteiger partial charge in [-0.2, -0.15) is 0 Å². The number of nitrogens with one attached hydrogen (secondary N) is 1. The maximum absolute atomic E-state index is 9.93. The lowest BCUT2D eigenvalue weighted by atomic mass is 10.1. The van der Waals surface area contributed by atoms with E-state index in [0.29, 0.717) is 11.2 Å². The van der Waals surface area contributed by atoms with Crippen LogP contribution in [0.3, 0.4) is 0 Å². The molecule has 0 unspecified atom stereocenters. The van der Waals surface area contributed by atoms with E-state index in [0.717, 1.165) is 0 Å². The minimum absolute atomic E-state index is 0.355. The summed E-state index contributed by atoms with van der Waals surface area (Å²) in [5.74, 6) is 0. The first-order chi connectivity index (χ1) is 8.72. The number of nitrogens with zero attached hydrogens (tertiary/aromatic N) is 3. The molecule has 2 aromatic heterocycles. The molecule has 0 spiro atoms. The molecule has 4 N–H and O–H groups in total. The number of fused-ring (bicyclic) bond motifs is 1. The van der Waals surface area contributed by atoms with Crippen molar-refractivity contribution in [1.82, 2.24) is 15.0 Å². The van der Waals surface area contributed by atoms with Gasteiger partial charge in [0, 0.05) is 0 Å². The number of aromatic nitrogens is 4. The van der Waals surface area contributed by atoms with Crippen molar-refractivity contribution in [2.45, 2.75) is 24.5 Å². The molecule has 1 saturated heterocycles. The van der Waals surface area contributed by atoms with Crippen LogP contribution in [0.5, 0.6) is 0 Å². The van der Waals surface area contributed by atoms with Crippen molar-refractivity contribution in [3.8, 4) is 0 Å². The standard InChI is InChI=1S/C10H12N4O4/c15-2-6-7(16)8(17)10(18-6)14-4-13-5-1-11-3-12-9(5)14/h1,3-4,6-8,10,15-17H,2H2/p+1/t6-,7-,8-,10-/m1/s1. The molecule has 0 amide bonds. The summed E-state index contributed by atoms with van der Waals surface area (Å²) in [7, 11) is 0. The highest BCUT2D eigenvalue weighted by Crippen LogP contribution is 2.25. The van der Waals surface area contributed by atoms with Gasteiger partial charge >= 0.3 is 5.65 Å². The third-order valence-corrected chi connectivity index (χ3v) is 3.09. The average Bonchev–Trinajstić information content (AvgIpc) is 2.93. The summed E-state index contributed by atoms with van der Waals surface area (Å²) in [5, 5.41) is 28.7. The normalized spacial score (nSPS) is 32.2. The Kier molecular flexibility index (Phi) is 2.71. The predicted octanol–water partition coefficient (Wildman–Crippen LogP) is -2.14. The van der Waals surface area contributed by atoms with E-state index in [4.69, 9.17) is 9.84 Å². The highest BCUT2D eigenvalue weighted by Gasteiger charge is 2.46. The summed E-state index contributed by atoms with van der Waals surface area (Å²) in [6.07, 6.45) is 0.721. The molecule has 1 aliphatic heterocycles. The minimum Gasteiger partial charge on any atom is -0.394 e. The molecular weight excluding hydrogens is 240 g/mol. The third kappa shape index (κ3) is 1.58. The van der Waals surface area contributed by atoms with Gasteiger partial charge < -0.3 is 20.1 Å². The maximum Gasteiger partial charge on any atom is 0.307 e. The molecular formula is C10H13N4O4+. The van der Waals surface area contributed by atoms with Crippen molar-refractivity contribution < 1.29 is 24.6 Å². The molecule has 1 fully saturated rings. The largest absolute Gasteiger partial charge is 0.394 e. The van der Waals surface area contributed by atoms with Crippen LogP contribution in [-0.2, 0) is 4.74 Å². The number of aliphatic hydroxyl groups is 3. The Balaban J connectivity index is 2.00. The summed E-state index contributed by atoms with van der Waals surface area (Å²) in [6.45, 7) is -0.355. The van der Waals surface area contributed by atoms with Gasteiger partial charge in [0.1, 0.15) is 18.3 Å². The predicted molar refractivity (Wildman–Crippen MR) is 57.1 cm³/mol. The van der Waals surface area contributed by atoms with E-state index in [1.165, 1.54) is 6.33 Å². The number of hydrogen-bond donors (Lipinski definition) is 4. The van der Waals surface area contributed by atoms with Crippen LogP contribution in [0, 0.1) is 0 Å². The van der Waals surface area contributed by atoms with Gasteiger partial charge in [-0.25, -0.2) is 9.55 Å². The van der Waals surface area contributed by atoms with Crippen LogP contribution in [0.4, 0.5) is 0 Å². The zero-order valence-electron chi connectivity index (χ0n) is 9.34. The monoisotopic (exact) mass is 253 g/mol. The van der Waals surface area contributed by atoms with Crippen molar-refractivity contribution in [2.75, 3.05) is 6.61 Å². The first-order valence-electron chi connectivity index (χ1n) is 5.53. The van der Waals surface area contributed by atoms with Gasteiger partial charge in [-0.1, -0.05) is 4.98 Å². The molecule has 3 rings (SSSR count). The summed E-state index contributed by atoms with van der Waals surface area (Å²) < 4.78 is 6.99. The number of rotatable bonds is 2. The highest BCUT2D eigenvalue weighted by molar-refractivity contribution is 5.63. The van der Waals surface area contributed by atoms with Crippen LogP contribution in [0.25, 0.3) is 11.2 Å². The molecule has 96 valence electrons. The Morgan fingerprint density at radius 1 is 1.39 bits per heavy atom. The fraction of sp³-hybridized carbons (Fsp3) is 0.500. The van der Waals surface area contributed by atoms with Gasteiger partial charge in [0.2, 0.25) is 6.23 Å². The molecule has 0 radical (unpaired) electrons. The molecule has 8 nitrogen and oxygen atoms in total. The van der Waals surface area contributed by atoms with Crippen LogP contribution < -0.4 is 4.57 Å². The molecule has 0 aromatic carbocycles. The van der Waals surface area contributed by atoms with Gasteiger partial charge in [-0.3, -0.25) is 4.98 Å². The van der Waals surface area contributed by atoms with Crippen LogP contribution >= 0.6 is 0 Å². The SMILES string of the molecule is OC[C@H]1O[C@@H]([n+]2c[nH]c3cncnc32)[C@H](O)[C@@H]1O. The second kappa shape index (κ2) is 4.25. The van der Waals surface area contributed by atoms with E-state index in [1.54, 1.807) is 17.1 Å². The number of aliphatic hydroxyl groups excluding tert-OH is 3. The van der Waals surface area contributed by atoms with Crippen molar-refractivity contribution in [1.29, 1.82) is 0 Å². The van der Waals surface area contributed by atoms with Gasteiger partial charge in [-0.15, -0.1) is 0 Å². The van der Waals surface area contributed by atoms with Gasteiger partial charge in [0.05, 0.1) is 12.8 Å². The molecule has 4 atom stereocenters.